The Hall–Kier alpha value is -2.02. The molecule has 2 heterocycles. The number of hydrogen-bond acceptors (Lipinski definition) is 5. The van der Waals surface area contributed by atoms with Gasteiger partial charge in [-0.1, -0.05) is 5.92 Å². The largest absolute Gasteiger partial charge is 0.394 e. The summed E-state index contributed by atoms with van der Waals surface area (Å²) in [4.78, 5) is 24.1. The van der Waals surface area contributed by atoms with Gasteiger partial charge in [-0.3, -0.25) is 14.3 Å². The van der Waals surface area contributed by atoms with Crippen LogP contribution in [0.2, 0.25) is 0 Å². The molecule has 1 aliphatic rings. The van der Waals surface area contributed by atoms with E-state index in [1.54, 1.807) is 0 Å². The minimum absolute atomic E-state index is 0.228. The van der Waals surface area contributed by atoms with E-state index >= 15 is 0 Å². The standard InChI is InChI=1S/C11H10F2N2O5/c1-2-11(13)7(17)6(4-16)20-9(11)15-3-5(12)8(18)14-10(15)19/h1,3,6-7,9,16-17H,4H2,(H,14,18,19)/t6-,7?,9-,11-/m1/s1/i4D2. The summed E-state index contributed by atoms with van der Waals surface area (Å²) in [5.41, 5.74) is -5.80. The smallest absolute Gasteiger partial charge is 0.330 e. The molecule has 7 nitrogen and oxygen atoms in total. The van der Waals surface area contributed by atoms with Gasteiger partial charge in [-0.2, -0.15) is 4.39 Å². The van der Waals surface area contributed by atoms with Crippen molar-refractivity contribution < 1.29 is 26.5 Å². The van der Waals surface area contributed by atoms with Gasteiger partial charge in [-0.25, -0.2) is 9.18 Å². The molecule has 1 aromatic heterocycles. The van der Waals surface area contributed by atoms with E-state index in [4.69, 9.17) is 13.9 Å². The summed E-state index contributed by atoms with van der Waals surface area (Å²) in [6.45, 7) is -3.19. The molecule has 1 saturated heterocycles. The van der Waals surface area contributed by atoms with Crippen LogP contribution in [0.1, 0.15) is 8.97 Å². The van der Waals surface area contributed by atoms with Gasteiger partial charge < -0.3 is 14.9 Å². The van der Waals surface area contributed by atoms with Gasteiger partial charge in [0.25, 0.3) is 5.56 Å². The number of halogens is 2. The minimum atomic E-state index is -3.19. The normalized spacial score (nSPS) is 35.2. The third-order valence-corrected chi connectivity index (χ3v) is 2.88. The van der Waals surface area contributed by atoms with E-state index in [1.807, 2.05) is 0 Å². The number of alkyl halides is 1. The lowest BCUT2D eigenvalue weighted by atomic mass is 9.97. The van der Waals surface area contributed by atoms with Crippen molar-refractivity contribution in [1.29, 1.82) is 0 Å². The molecule has 0 radical (unpaired) electrons. The summed E-state index contributed by atoms with van der Waals surface area (Å²) in [5, 5.41) is 19.0. The number of nitrogens with one attached hydrogen (secondary N) is 1. The molecule has 0 aliphatic carbocycles. The topological polar surface area (TPSA) is 105 Å². The van der Waals surface area contributed by atoms with Crippen molar-refractivity contribution in [2.24, 2.45) is 0 Å². The Morgan fingerprint density at radius 3 is 2.90 bits per heavy atom. The van der Waals surface area contributed by atoms with E-state index in [0.717, 1.165) is 0 Å². The fourth-order valence-electron chi connectivity index (χ4n) is 1.84. The monoisotopic (exact) mass is 290 g/mol. The van der Waals surface area contributed by atoms with Crippen LogP contribution in [0.25, 0.3) is 0 Å². The van der Waals surface area contributed by atoms with Crippen LogP contribution in [0.5, 0.6) is 0 Å². The van der Waals surface area contributed by atoms with Crippen molar-refractivity contribution in [1.82, 2.24) is 9.55 Å². The van der Waals surface area contributed by atoms with Crippen molar-refractivity contribution in [2.75, 3.05) is 6.56 Å². The number of aromatic nitrogens is 2. The molecule has 0 spiro atoms. The van der Waals surface area contributed by atoms with Gasteiger partial charge in [0, 0.05) is 0 Å². The lowest BCUT2D eigenvalue weighted by Crippen LogP contribution is -2.45. The van der Waals surface area contributed by atoms with Crippen molar-refractivity contribution in [3.8, 4) is 12.3 Å². The van der Waals surface area contributed by atoms with E-state index in [1.165, 1.54) is 10.9 Å². The fraction of sp³-hybridized carbons (Fsp3) is 0.455. The molecular formula is C11H10F2N2O5. The predicted octanol–water partition coefficient (Wildman–Crippen LogP) is -1.73. The zero-order valence-corrected chi connectivity index (χ0v) is 9.71. The minimum Gasteiger partial charge on any atom is -0.394 e. The number of aliphatic hydroxyl groups is 2. The van der Waals surface area contributed by atoms with Crippen LogP contribution in [0.15, 0.2) is 15.8 Å². The van der Waals surface area contributed by atoms with Crippen molar-refractivity contribution >= 4 is 0 Å². The van der Waals surface area contributed by atoms with Crippen molar-refractivity contribution in [2.45, 2.75) is 24.1 Å². The zero-order valence-electron chi connectivity index (χ0n) is 11.7. The van der Waals surface area contributed by atoms with Crippen molar-refractivity contribution in [3.63, 3.8) is 0 Å². The van der Waals surface area contributed by atoms with Gasteiger partial charge in [0.1, 0.15) is 12.2 Å². The van der Waals surface area contributed by atoms with E-state index in [-0.39, 0.29) is 4.57 Å². The third-order valence-electron chi connectivity index (χ3n) is 2.88. The molecule has 1 aromatic rings. The molecule has 0 bridgehead atoms. The average Bonchev–Trinajstić information content (AvgIpc) is 2.67. The maximum absolute atomic E-state index is 14.7. The summed E-state index contributed by atoms with van der Waals surface area (Å²) < 4.78 is 47.2. The van der Waals surface area contributed by atoms with Gasteiger partial charge in [0.15, 0.2) is 6.23 Å². The molecule has 0 saturated carbocycles. The Labute approximate surface area is 113 Å². The highest BCUT2D eigenvalue weighted by molar-refractivity contribution is 5.19. The predicted molar refractivity (Wildman–Crippen MR) is 61.0 cm³/mol. The van der Waals surface area contributed by atoms with E-state index in [0.29, 0.717) is 6.20 Å². The molecule has 4 atom stereocenters. The van der Waals surface area contributed by atoms with Crippen LogP contribution in [0.4, 0.5) is 8.78 Å². The first-order valence-electron chi connectivity index (χ1n) is 6.26. The van der Waals surface area contributed by atoms with Gasteiger partial charge >= 0.3 is 5.69 Å². The molecule has 9 heteroatoms. The van der Waals surface area contributed by atoms with Crippen LogP contribution in [-0.4, -0.2) is 44.2 Å². The Bertz CT molecular complexity index is 753. The van der Waals surface area contributed by atoms with Crippen LogP contribution in [-0.2, 0) is 4.74 Å². The van der Waals surface area contributed by atoms with Crippen LogP contribution < -0.4 is 11.2 Å². The molecule has 3 N–H and O–H groups in total. The molecule has 1 fully saturated rings. The van der Waals surface area contributed by atoms with Gasteiger partial charge in [-0.05, 0) is 0 Å². The lowest BCUT2D eigenvalue weighted by Gasteiger charge is -2.23. The highest BCUT2D eigenvalue weighted by Gasteiger charge is 2.57. The highest BCUT2D eigenvalue weighted by Crippen LogP contribution is 2.40. The Balaban J connectivity index is 2.60. The fourth-order valence-corrected chi connectivity index (χ4v) is 1.84. The maximum Gasteiger partial charge on any atom is 0.330 e. The van der Waals surface area contributed by atoms with Gasteiger partial charge in [0.05, 0.1) is 15.5 Å². The Morgan fingerprint density at radius 1 is 1.70 bits per heavy atom. The first kappa shape index (κ1) is 11.8. The summed E-state index contributed by atoms with van der Waals surface area (Å²) in [6.07, 6.45) is -1.37. The van der Waals surface area contributed by atoms with Crippen LogP contribution >= 0.6 is 0 Å². The first-order chi connectivity index (χ1) is 10.0. The van der Waals surface area contributed by atoms with E-state index in [9.17, 15) is 28.6 Å². The van der Waals surface area contributed by atoms with Crippen LogP contribution in [0, 0.1) is 18.2 Å². The summed E-state index contributed by atoms with van der Waals surface area (Å²) in [5.74, 6) is 0.0570. The molecule has 1 aliphatic heterocycles. The number of aliphatic hydroxyl groups excluding tert-OH is 1. The Kier molecular flexibility index (Phi) is 2.84. The van der Waals surface area contributed by atoms with Gasteiger partial charge in [0.2, 0.25) is 11.5 Å². The number of aromatic amines is 1. The maximum atomic E-state index is 14.7. The third kappa shape index (κ3) is 1.94. The second kappa shape index (κ2) is 4.82. The van der Waals surface area contributed by atoms with E-state index in [2.05, 4.69) is 0 Å². The number of rotatable bonds is 2. The van der Waals surface area contributed by atoms with Crippen LogP contribution in [0.3, 0.4) is 0 Å². The number of nitrogens with zero attached hydrogens (tertiary/aromatic N) is 1. The summed E-state index contributed by atoms with van der Waals surface area (Å²) in [6, 6.07) is 0. The molecule has 0 aromatic carbocycles. The molecule has 1 unspecified atom stereocenters. The molecule has 0 amide bonds. The molecule has 2 rings (SSSR count). The zero-order chi connectivity index (χ0) is 16.9. The Morgan fingerprint density at radius 2 is 2.35 bits per heavy atom. The van der Waals surface area contributed by atoms with Gasteiger partial charge in [-0.15, -0.1) is 6.42 Å². The number of H-pyrrole nitrogens is 1. The highest BCUT2D eigenvalue weighted by atomic mass is 19.1. The molecule has 108 valence electrons. The lowest BCUT2D eigenvalue weighted by molar-refractivity contribution is -0.0547. The SMILES string of the molecule is [2H]C([2H])(O)[C@H]1O[C@@H](n2cc(F)c(=O)[nH]c2=O)[C@@](F)(C#C)C1O. The molecular weight excluding hydrogens is 278 g/mol. The van der Waals surface area contributed by atoms with E-state index < -0.39 is 47.7 Å². The first-order valence-corrected chi connectivity index (χ1v) is 5.26. The van der Waals surface area contributed by atoms with Crippen molar-refractivity contribution in [3.05, 3.63) is 32.9 Å². The number of hydrogen-bond donors (Lipinski definition) is 3. The number of terminal acetylenes is 1. The quantitative estimate of drug-likeness (QED) is 0.561. The average molecular weight is 290 g/mol. The number of ether oxygens (including phenoxy) is 1. The second-order valence-electron chi connectivity index (χ2n) is 4.04. The second-order valence-corrected chi connectivity index (χ2v) is 4.04. The molecule has 20 heavy (non-hydrogen) atoms. The summed E-state index contributed by atoms with van der Waals surface area (Å²) in [7, 11) is 0. The summed E-state index contributed by atoms with van der Waals surface area (Å²) >= 11 is 0.